The molecule has 220 valence electrons. The number of fused-ring (bicyclic) bond motifs is 3. The number of rotatable bonds is 5. The summed E-state index contributed by atoms with van der Waals surface area (Å²) in [5.41, 5.74) is 3.56. The number of ketones is 4. The summed E-state index contributed by atoms with van der Waals surface area (Å²) in [6.45, 7) is 0. The van der Waals surface area contributed by atoms with E-state index >= 15 is 0 Å². The number of phenols is 1. The molecule has 2 aromatic carbocycles. The number of hydrogen-bond acceptors (Lipinski definition) is 10. The topological polar surface area (TPSA) is 187 Å². The van der Waals surface area contributed by atoms with Crippen molar-refractivity contribution in [1.82, 2.24) is 4.90 Å². The fraction of sp³-hybridized carbons (Fsp3) is 0.400. The van der Waals surface area contributed by atoms with Gasteiger partial charge in [-0.2, -0.15) is 0 Å². The van der Waals surface area contributed by atoms with Crippen molar-refractivity contribution in [2.45, 2.75) is 24.5 Å². The van der Waals surface area contributed by atoms with Gasteiger partial charge < -0.3 is 26.2 Å². The van der Waals surface area contributed by atoms with Crippen molar-refractivity contribution in [3.63, 3.8) is 0 Å². The van der Waals surface area contributed by atoms with E-state index in [2.05, 4.69) is 5.32 Å². The predicted octanol–water partition coefficient (Wildman–Crippen LogP) is 0.185. The number of aromatic hydroxyl groups is 1. The molecule has 6 atom stereocenters. The van der Waals surface area contributed by atoms with Crippen LogP contribution in [0.1, 0.15) is 32.7 Å². The van der Waals surface area contributed by atoms with Crippen molar-refractivity contribution in [2.75, 3.05) is 38.4 Å². The number of likely N-dealkylation sites (N-methyl/N-ethyl adjacent to an activating group) is 1. The van der Waals surface area contributed by atoms with Gasteiger partial charge in [0.2, 0.25) is 5.91 Å². The zero-order chi connectivity index (χ0) is 30.8. The summed E-state index contributed by atoms with van der Waals surface area (Å²) in [6.07, 6.45) is 0.0594. The Morgan fingerprint density at radius 3 is 2.24 bits per heavy atom. The lowest BCUT2D eigenvalue weighted by Gasteiger charge is -2.52. The fourth-order valence-electron chi connectivity index (χ4n) is 6.93. The number of carbonyl (C=O) groups excluding carboxylic acids is 6. The molecule has 12 heteroatoms. The minimum Gasteiger partial charge on any atom is -0.505 e. The van der Waals surface area contributed by atoms with E-state index in [4.69, 9.17) is 5.73 Å². The summed E-state index contributed by atoms with van der Waals surface area (Å²) in [4.78, 5) is 83.0. The molecule has 2 aromatic rings. The fourth-order valence-corrected chi connectivity index (χ4v) is 6.93. The number of nitrogens with zero attached hydrogens (tertiary/aromatic N) is 2. The zero-order valence-corrected chi connectivity index (χ0v) is 23.6. The van der Waals surface area contributed by atoms with E-state index in [1.165, 1.54) is 25.1 Å². The van der Waals surface area contributed by atoms with Crippen molar-refractivity contribution in [1.29, 1.82) is 0 Å². The molecule has 0 spiro atoms. The van der Waals surface area contributed by atoms with Gasteiger partial charge in [0.25, 0.3) is 5.91 Å². The highest BCUT2D eigenvalue weighted by Gasteiger charge is 2.69. The van der Waals surface area contributed by atoms with Crippen LogP contribution in [-0.4, -0.2) is 89.9 Å². The SMILES string of the molecule is CN(C)c1cc(NC(=O)c2ccccc2)c(O)c2c1CC1CC3[C@H](N(C)C)C(=O)C(C(N)=O)C(=O)[C@@]3(O)C(=O)C1C2=O. The molecule has 2 fully saturated rings. The van der Waals surface area contributed by atoms with Gasteiger partial charge in [0, 0.05) is 31.3 Å². The van der Waals surface area contributed by atoms with Crippen molar-refractivity contribution >= 4 is 46.3 Å². The molecule has 0 radical (unpaired) electrons. The summed E-state index contributed by atoms with van der Waals surface area (Å²) >= 11 is 0. The Balaban J connectivity index is 1.62. The highest BCUT2D eigenvalue weighted by molar-refractivity contribution is 6.32. The Hall–Kier alpha value is -4.42. The van der Waals surface area contributed by atoms with Crippen LogP contribution in [-0.2, 0) is 25.6 Å². The molecular formula is C30H32N4O8. The summed E-state index contributed by atoms with van der Waals surface area (Å²) in [5, 5.41) is 25.7. The summed E-state index contributed by atoms with van der Waals surface area (Å²) in [6, 6.07) is 8.61. The maximum absolute atomic E-state index is 14.1. The van der Waals surface area contributed by atoms with E-state index in [-0.39, 0.29) is 24.1 Å². The molecule has 0 aliphatic heterocycles. The van der Waals surface area contributed by atoms with Gasteiger partial charge in [0.05, 0.1) is 23.2 Å². The highest BCUT2D eigenvalue weighted by Crippen LogP contribution is 2.52. The van der Waals surface area contributed by atoms with Crippen LogP contribution in [0.2, 0.25) is 0 Å². The lowest BCUT2D eigenvalue weighted by Crippen LogP contribution is -2.74. The van der Waals surface area contributed by atoms with Crippen LogP contribution in [0.5, 0.6) is 5.75 Å². The van der Waals surface area contributed by atoms with Gasteiger partial charge in [-0.15, -0.1) is 0 Å². The number of phenolic OH excluding ortho intramolecular Hbond substituents is 1. The number of benzene rings is 2. The molecule has 4 unspecified atom stereocenters. The van der Waals surface area contributed by atoms with Crippen LogP contribution in [0.4, 0.5) is 11.4 Å². The van der Waals surface area contributed by atoms with Gasteiger partial charge in [0.15, 0.2) is 34.7 Å². The standard InChI is InChI=1S/C30H32N4O8/c1-33(2)18-12-17(32-29(41)13-8-6-5-7-9-13)23(35)20-15(18)10-14-11-16-22(34(3)4)25(37)21(28(31)40)27(39)30(16,42)26(38)19(14)24(20)36/h5-9,12,14,16,19,21-22,35,42H,10-11H2,1-4H3,(H2,31,40)(H,32,41)/t14?,16?,19?,21?,22-,30-/m0/s1. The molecule has 0 saturated heterocycles. The number of carbonyl (C=O) groups is 6. The minimum atomic E-state index is -2.81. The van der Waals surface area contributed by atoms with E-state index < -0.39 is 76.0 Å². The van der Waals surface area contributed by atoms with Gasteiger partial charge >= 0.3 is 0 Å². The maximum atomic E-state index is 14.1. The van der Waals surface area contributed by atoms with Crippen LogP contribution in [0, 0.1) is 23.7 Å². The van der Waals surface area contributed by atoms with Gasteiger partial charge in [-0.05, 0) is 56.6 Å². The van der Waals surface area contributed by atoms with Crippen LogP contribution >= 0.6 is 0 Å². The van der Waals surface area contributed by atoms with Crippen molar-refractivity contribution in [3.05, 3.63) is 53.1 Å². The smallest absolute Gasteiger partial charge is 0.255 e. The Bertz CT molecular complexity index is 1550. The highest BCUT2D eigenvalue weighted by atomic mass is 16.3. The van der Waals surface area contributed by atoms with Gasteiger partial charge in [-0.1, -0.05) is 18.2 Å². The van der Waals surface area contributed by atoms with Crippen LogP contribution in [0.25, 0.3) is 0 Å². The second-order valence-electron chi connectivity index (χ2n) is 11.6. The van der Waals surface area contributed by atoms with E-state index in [1.54, 1.807) is 49.3 Å². The van der Waals surface area contributed by atoms with Gasteiger partial charge in [-0.25, -0.2) is 0 Å². The molecule has 2 amide bonds. The largest absolute Gasteiger partial charge is 0.505 e. The molecule has 0 heterocycles. The molecule has 5 rings (SSSR count). The maximum Gasteiger partial charge on any atom is 0.255 e. The number of primary amides is 1. The van der Waals surface area contributed by atoms with Crippen LogP contribution in [0.3, 0.4) is 0 Å². The second kappa shape index (κ2) is 10.1. The number of anilines is 2. The molecule has 12 nitrogen and oxygen atoms in total. The lowest BCUT2D eigenvalue weighted by atomic mass is 9.52. The molecule has 3 aliphatic carbocycles. The van der Waals surface area contributed by atoms with E-state index in [1.807, 2.05) is 0 Å². The number of amides is 2. The quantitative estimate of drug-likeness (QED) is 0.283. The normalized spacial score (nSPS) is 28.6. The van der Waals surface area contributed by atoms with Crippen LogP contribution in [0.15, 0.2) is 36.4 Å². The average molecular weight is 577 g/mol. The van der Waals surface area contributed by atoms with E-state index in [0.29, 0.717) is 16.8 Å². The van der Waals surface area contributed by atoms with Crippen molar-refractivity contribution in [3.8, 4) is 5.75 Å². The Morgan fingerprint density at radius 1 is 1.02 bits per heavy atom. The third kappa shape index (κ3) is 4.12. The Kier molecular flexibility index (Phi) is 7.02. The third-order valence-corrected chi connectivity index (χ3v) is 8.80. The number of nitrogens with one attached hydrogen (secondary N) is 1. The first-order valence-electron chi connectivity index (χ1n) is 13.5. The molecule has 0 bridgehead atoms. The Labute approximate surface area is 241 Å². The number of nitrogens with two attached hydrogens (primary N) is 1. The van der Waals surface area contributed by atoms with E-state index in [0.717, 1.165) is 0 Å². The first-order chi connectivity index (χ1) is 19.7. The van der Waals surface area contributed by atoms with E-state index in [9.17, 15) is 39.0 Å². The molecule has 0 aromatic heterocycles. The summed E-state index contributed by atoms with van der Waals surface area (Å²) in [5.74, 6) is -11.9. The first-order valence-corrected chi connectivity index (χ1v) is 13.5. The summed E-state index contributed by atoms with van der Waals surface area (Å²) in [7, 11) is 6.51. The average Bonchev–Trinajstić information content (AvgIpc) is 2.92. The Morgan fingerprint density at radius 2 is 1.67 bits per heavy atom. The molecular weight excluding hydrogens is 544 g/mol. The second-order valence-corrected chi connectivity index (χ2v) is 11.6. The van der Waals surface area contributed by atoms with Gasteiger partial charge in [0.1, 0.15) is 5.75 Å². The predicted molar refractivity (Wildman–Crippen MR) is 150 cm³/mol. The van der Waals surface area contributed by atoms with Crippen molar-refractivity contribution < 1.29 is 39.0 Å². The van der Waals surface area contributed by atoms with Gasteiger partial charge in [-0.3, -0.25) is 33.7 Å². The van der Waals surface area contributed by atoms with Crippen LogP contribution < -0.4 is 16.0 Å². The minimum absolute atomic E-state index is 0.0516. The molecule has 2 saturated carbocycles. The molecule has 42 heavy (non-hydrogen) atoms. The summed E-state index contributed by atoms with van der Waals surface area (Å²) < 4.78 is 0. The number of Topliss-reactive ketones (excluding diaryl/α,β-unsaturated/α-hetero) is 4. The number of aliphatic hydroxyl groups is 1. The zero-order valence-electron chi connectivity index (χ0n) is 23.6. The molecule has 3 aliphatic rings. The third-order valence-electron chi connectivity index (χ3n) is 8.80. The molecule has 5 N–H and O–H groups in total. The lowest BCUT2D eigenvalue weighted by molar-refractivity contribution is -0.181. The number of hydrogen-bond donors (Lipinski definition) is 4. The first kappa shape index (κ1) is 29.1. The monoisotopic (exact) mass is 576 g/mol. The van der Waals surface area contributed by atoms with Crippen molar-refractivity contribution in [2.24, 2.45) is 29.4 Å².